The van der Waals surface area contributed by atoms with Crippen molar-refractivity contribution < 1.29 is 4.79 Å². The molecule has 1 fully saturated rings. The number of piperazine rings is 1. The number of nitrogens with zero attached hydrogens (tertiary/aromatic N) is 2. The third kappa shape index (κ3) is 4.11. The third-order valence-corrected chi connectivity index (χ3v) is 4.34. The first-order chi connectivity index (χ1) is 11.2. The van der Waals surface area contributed by atoms with Crippen molar-refractivity contribution in [2.75, 3.05) is 31.5 Å². The summed E-state index contributed by atoms with van der Waals surface area (Å²) in [5.74, 6) is 0. The summed E-state index contributed by atoms with van der Waals surface area (Å²) in [5.41, 5.74) is 3.55. The van der Waals surface area contributed by atoms with E-state index < -0.39 is 0 Å². The molecule has 0 atom stereocenters. The van der Waals surface area contributed by atoms with Crippen LogP contribution in [0.25, 0.3) is 0 Å². The number of hydrogen-bond donors (Lipinski definition) is 1. The van der Waals surface area contributed by atoms with E-state index in [4.69, 9.17) is 0 Å². The fourth-order valence-electron chi connectivity index (χ4n) is 2.86. The Morgan fingerprint density at radius 1 is 0.957 bits per heavy atom. The molecule has 1 aliphatic heterocycles. The predicted molar refractivity (Wildman–Crippen MR) is 93.5 cm³/mol. The van der Waals surface area contributed by atoms with Crippen LogP contribution in [-0.4, -0.2) is 42.0 Å². The van der Waals surface area contributed by atoms with Gasteiger partial charge in [-0.2, -0.15) is 0 Å². The summed E-state index contributed by atoms with van der Waals surface area (Å²) in [7, 11) is 0. The normalized spacial score (nSPS) is 15.4. The highest BCUT2D eigenvalue weighted by Gasteiger charge is 2.21. The van der Waals surface area contributed by atoms with Crippen LogP contribution >= 0.6 is 0 Å². The Morgan fingerprint density at radius 2 is 1.61 bits per heavy atom. The van der Waals surface area contributed by atoms with Crippen LogP contribution in [0.15, 0.2) is 54.6 Å². The molecule has 4 nitrogen and oxygen atoms in total. The van der Waals surface area contributed by atoms with E-state index in [2.05, 4.69) is 41.4 Å². The van der Waals surface area contributed by atoms with Crippen molar-refractivity contribution in [3.63, 3.8) is 0 Å². The highest BCUT2D eigenvalue weighted by Crippen LogP contribution is 2.13. The lowest BCUT2D eigenvalue weighted by atomic mass is 10.1. The highest BCUT2D eigenvalue weighted by molar-refractivity contribution is 5.89. The molecule has 0 aromatic heterocycles. The first kappa shape index (κ1) is 15.6. The van der Waals surface area contributed by atoms with Gasteiger partial charge in [0.1, 0.15) is 0 Å². The number of nitrogens with one attached hydrogen (secondary N) is 1. The fourth-order valence-corrected chi connectivity index (χ4v) is 2.86. The van der Waals surface area contributed by atoms with Crippen molar-refractivity contribution >= 4 is 11.7 Å². The number of urea groups is 1. The van der Waals surface area contributed by atoms with Gasteiger partial charge in [0.2, 0.25) is 0 Å². The second-order valence-corrected chi connectivity index (χ2v) is 5.99. The number of hydrogen-bond acceptors (Lipinski definition) is 2. The second kappa shape index (κ2) is 7.29. The summed E-state index contributed by atoms with van der Waals surface area (Å²) in [6, 6.07) is 18.1. The SMILES string of the molecule is Cc1ccccc1CN1CCN(C(=O)Nc2ccccc2)CC1. The number of para-hydroxylation sites is 1. The molecular weight excluding hydrogens is 286 g/mol. The van der Waals surface area contributed by atoms with Gasteiger partial charge in [0.15, 0.2) is 0 Å². The van der Waals surface area contributed by atoms with Crippen LogP contribution in [0, 0.1) is 6.92 Å². The Hall–Kier alpha value is -2.33. The van der Waals surface area contributed by atoms with Crippen molar-refractivity contribution in [3.8, 4) is 0 Å². The van der Waals surface area contributed by atoms with E-state index in [9.17, 15) is 4.79 Å². The van der Waals surface area contributed by atoms with Gasteiger partial charge in [0, 0.05) is 38.4 Å². The Labute approximate surface area is 137 Å². The zero-order valence-corrected chi connectivity index (χ0v) is 13.5. The van der Waals surface area contributed by atoms with E-state index in [1.807, 2.05) is 35.2 Å². The quantitative estimate of drug-likeness (QED) is 0.944. The molecule has 0 unspecified atom stereocenters. The highest BCUT2D eigenvalue weighted by atomic mass is 16.2. The number of carbonyl (C=O) groups excluding carboxylic acids is 1. The van der Waals surface area contributed by atoms with Crippen molar-refractivity contribution in [1.29, 1.82) is 0 Å². The van der Waals surface area contributed by atoms with Crippen LogP contribution in [0.5, 0.6) is 0 Å². The van der Waals surface area contributed by atoms with Gasteiger partial charge in [-0.25, -0.2) is 4.79 Å². The van der Waals surface area contributed by atoms with E-state index in [0.29, 0.717) is 0 Å². The van der Waals surface area contributed by atoms with Gasteiger partial charge in [0.25, 0.3) is 0 Å². The zero-order chi connectivity index (χ0) is 16.1. The molecular formula is C19H23N3O. The molecule has 0 aliphatic carbocycles. The molecule has 1 aliphatic rings. The van der Waals surface area contributed by atoms with E-state index >= 15 is 0 Å². The van der Waals surface area contributed by atoms with Crippen LogP contribution in [-0.2, 0) is 6.54 Å². The van der Waals surface area contributed by atoms with Crippen LogP contribution in [0.3, 0.4) is 0 Å². The van der Waals surface area contributed by atoms with E-state index in [1.165, 1.54) is 11.1 Å². The van der Waals surface area contributed by atoms with Gasteiger partial charge < -0.3 is 10.2 Å². The molecule has 0 saturated carbocycles. The second-order valence-electron chi connectivity index (χ2n) is 5.99. The molecule has 2 aromatic rings. The Balaban J connectivity index is 1.50. The first-order valence-corrected chi connectivity index (χ1v) is 8.10. The van der Waals surface area contributed by atoms with Crippen molar-refractivity contribution in [3.05, 3.63) is 65.7 Å². The van der Waals surface area contributed by atoms with Gasteiger partial charge in [-0.1, -0.05) is 42.5 Å². The topological polar surface area (TPSA) is 35.6 Å². The molecule has 2 aromatic carbocycles. The molecule has 120 valence electrons. The van der Waals surface area contributed by atoms with Crippen LogP contribution in [0.2, 0.25) is 0 Å². The maximum atomic E-state index is 12.3. The summed E-state index contributed by atoms with van der Waals surface area (Å²) in [6.07, 6.45) is 0. The number of amides is 2. The molecule has 2 amide bonds. The van der Waals surface area contributed by atoms with Crippen molar-refractivity contribution in [2.24, 2.45) is 0 Å². The van der Waals surface area contributed by atoms with Gasteiger partial charge >= 0.3 is 6.03 Å². The maximum absolute atomic E-state index is 12.3. The average Bonchev–Trinajstić information content (AvgIpc) is 2.58. The van der Waals surface area contributed by atoms with E-state index in [0.717, 1.165) is 38.4 Å². The Kier molecular flexibility index (Phi) is 4.93. The summed E-state index contributed by atoms with van der Waals surface area (Å²) in [4.78, 5) is 16.6. The monoisotopic (exact) mass is 309 g/mol. The standard InChI is InChI=1S/C19H23N3O/c1-16-7-5-6-8-17(16)15-21-11-13-22(14-12-21)19(23)20-18-9-3-2-4-10-18/h2-10H,11-15H2,1H3,(H,20,23). The molecule has 0 spiro atoms. The average molecular weight is 309 g/mol. The number of anilines is 1. The summed E-state index contributed by atoms with van der Waals surface area (Å²) >= 11 is 0. The minimum absolute atomic E-state index is 0.00765. The molecule has 4 heteroatoms. The van der Waals surface area contributed by atoms with E-state index in [-0.39, 0.29) is 6.03 Å². The zero-order valence-electron chi connectivity index (χ0n) is 13.5. The van der Waals surface area contributed by atoms with Crippen LogP contribution in [0.4, 0.5) is 10.5 Å². The molecule has 23 heavy (non-hydrogen) atoms. The van der Waals surface area contributed by atoms with Gasteiger partial charge in [-0.3, -0.25) is 4.90 Å². The summed E-state index contributed by atoms with van der Waals surface area (Å²) in [6.45, 7) is 6.47. The predicted octanol–water partition coefficient (Wildman–Crippen LogP) is 3.34. The minimum Gasteiger partial charge on any atom is -0.322 e. The molecule has 0 radical (unpaired) electrons. The lowest BCUT2D eigenvalue weighted by molar-refractivity contribution is 0.143. The lowest BCUT2D eigenvalue weighted by Gasteiger charge is -2.35. The summed E-state index contributed by atoms with van der Waals surface area (Å²) in [5, 5.41) is 2.95. The number of rotatable bonds is 3. The number of benzene rings is 2. The first-order valence-electron chi connectivity index (χ1n) is 8.10. The van der Waals surface area contributed by atoms with E-state index in [1.54, 1.807) is 0 Å². The van der Waals surface area contributed by atoms with Crippen molar-refractivity contribution in [1.82, 2.24) is 9.80 Å². The maximum Gasteiger partial charge on any atom is 0.321 e. The Morgan fingerprint density at radius 3 is 2.30 bits per heavy atom. The van der Waals surface area contributed by atoms with Crippen molar-refractivity contribution in [2.45, 2.75) is 13.5 Å². The van der Waals surface area contributed by atoms with Crippen LogP contribution in [0.1, 0.15) is 11.1 Å². The number of carbonyl (C=O) groups is 1. The third-order valence-electron chi connectivity index (χ3n) is 4.34. The Bertz CT molecular complexity index is 649. The molecule has 3 rings (SSSR count). The fraction of sp³-hybridized carbons (Fsp3) is 0.316. The number of aryl methyl sites for hydroxylation is 1. The molecule has 1 saturated heterocycles. The van der Waals surface area contributed by atoms with Crippen LogP contribution < -0.4 is 5.32 Å². The smallest absolute Gasteiger partial charge is 0.321 e. The molecule has 0 bridgehead atoms. The molecule has 1 N–H and O–H groups in total. The summed E-state index contributed by atoms with van der Waals surface area (Å²) < 4.78 is 0. The van der Waals surface area contributed by atoms with Gasteiger partial charge in [-0.15, -0.1) is 0 Å². The lowest BCUT2D eigenvalue weighted by Crippen LogP contribution is -2.49. The van der Waals surface area contributed by atoms with Gasteiger partial charge in [0.05, 0.1) is 0 Å². The minimum atomic E-state index is -0.00765. The molecule has 1 heterocycles. The largest absolute Gasteiger partial charge is 0.322 e. The van der Waals surface area contributed by atoms with Gasteiger partial charge in [-0.05, 0) is 30.2 Å².